The van der Waals surface area contributed by atoms with Crippen molar-refractivity contribution in [2.75, 3.05) is 51.3 Å². The smallest absolute Gasteiger partial charge is 0.417 e. The Labute approximate surface area is 255 Å². The zero-order valence-corrected chi connectivity index (χ0v) is 25.3. The van der Waals surface area contributed by atoms with E-state index in [4.69, 9.17) is 9.72 Å². The molecule has 2 fully saturated rings. The second-order valence-corrected chi connectivity index (χ2v) is 11.3. The van der Waals surface area contributed by atoms with Crippen molar-refractivity contribution >= 4 is 17.5 Å². The van der Waals surface area contributed by atoms with Crippen molar-refractivity contribution in [1.29, 1.82) is 0 Å². The highest BCUT2D eigenvalue weighted by molar-refractivity contribution is 5.99. The Bertz CT molecular complexity index is 1530. The Morgan fingerprint density at radius 1 is 1.07 bits per heavy atom. The first-order chi connectivity index (χ1) is 21.0. The van der Waals surface area contributed by atoms with E-state index in [2.05, 4.69) is 15.2 Å². The van der Waals surface area contributed by atoms with Gasteiger partial charge in [0.25, 0.3) is 11.8 Å². The summed E-state index contributed by atoms with van der Waals surface area (Å²) in [6.45, 7) is 7.97. The van der Waals surface area contributed by atoms with Gasteiger partial charge >= 0.3 is 6.18 Å². The Morgan fingerprint density at radius 2 is 1.84 bits per heavy atom. The standard InChI is InChI=1S/C32H37F3N6O3/c1-5-22-19-40(31(43)23-10-9-20(3)16-25(23)32(33,34)35)14-15-41(22)27-12-11-26(24-8-7-13-36-30(24)44-6-2)38-28(27)29(42)37-21-17-39(4)18-21/h7-13,16,21-22H,5-6,14-15,17-19H2,1-4H3,(H,37,42)/t22-/m1/s1. The maximum Gasteiger partial charge on any atom is 0.417 e. The molecule has 1 aromatic carbocycles. The Balaban J connectivity index is 1.46. The second-order valence-electron chi connectivity index (χ2n) is 11.3. The minimum Gasteiger partial charge on any atom is -0.477 e. The van der Waals surface area contributed by atoms with Gasteiger partial charge in [0.2, 0.25) is 5.88 Å². The third-order valence-corrected chi connectivity index (χ3v) is 8.08. The van der Waals surface area contributed by atoms with Crippen LogP contribution in [0.4, 0.5) is 18.9 Å². The highest BCUT2D eigenvalue weighted by Crippen LogP contribution is 2.35. The van der Waals surface area contributed by atoms with Gasteiger partial charge in [-0.05, 0) is 63.7 Å². The summed E-state index contributed by atoms with van der Waals surface area (Å²) in [7, 11) is 1.98. The number of aryl methyl sites for hydroxylation is 1. The molecule has 3 aromatic rings. The summed E-state index contributed by atoms with van der Waals surface area (Å²) >= 11 is 0. The minimum atomic E-state index is -4.65. The highest BCUT2D eigenvalue weighted by Gasteiger charge is 2.38. The number of alkyl halides is 3. The summed E-state index contributed by atoms with van der Waals surface area (Å²) in [6, 6.07) is 10.8. The Morgan fingerprint density at radius 3 is 2.52 bits per heavy atom. The van der Waals surface area contributed by atoms with Crippen molar-refractivity contribution in [2.24, 2.45) is 0 Å². The number of amides is 2. The van der Waals surface area contributed by atoms with Crippen LogP contribution in [0.25, 0.3) is 11.3 Å². The van der Waals surface area contributed by atoms with Crippen LogP contribution in [0.1, 0.15) is 52.2 Å². The maximum absolute atomic E-state index is 13.8. The molecule has 44 heavy (non-hydrogen) atoms. The molecule has 12 heteroatoms. The molecule has 0 aliphatic carbocycles. The molecular formula is C32H37F3N6O3. The normalized spacial score (nSPS) is 17.8. The van der Waals surface area contributed by atoms with Crippen LogP contribution in [0.2, 0.25) is 0 Å². The van der Waals surface area contributed by atoms with Crippen LogP contribution < -0.4 is 15.0 Å². The van der Waals surface area contributed by atoms with E-state index in [1.54, 1.807) is 19.2 Å². The number of nitrogens with zero attached hydrogens (tertiary/aromatic N) is 5. The number of halogens is 3. The van der Waals surface area contributed by atoms with Crippen molar-refractivity contribution in [3.8, 4) is 17.1 Å². The fourth-order valence-electron chi connectivity index (χ4n) is 5.84. The number of aromatic nitrogens is 2. The van der Waals surface area contributed by atoms with Crippen LogP contribution in [-0.4, -0.2) is 90.0 Å². The van der Waals surface area contributed by atoms with Gasteiger partial charge in [0.05, 0.1) is 40.7 Å². The van der Waals surface area contributed by atoms with Gasteiger partial charge in [-0.1, -0.05) is 18.6 Å². The van der Waals surface area contributed by atoms with E-state index in [0.29, 0.717) is 48.0 Å². The van der Waals surface area contributed by atoms with Gasteiger partial charge in [0.15, 0.2) is 5.69 Å². The summed E-state index contributed by atoms with van der Waals surface area (Å²) in [5.41, 5.74) is 1.16. The fourth-order valence-corrected chi connectivity index (χ4v) is 5.84. The minimum absolute atomic E-state index is 0.00281. The van der Waals surface area contributed by atoms with E-state index in [0.717, 1.165) is 19.2 Å². The molecule has 0 spiro atoms. The van der Waals surface area contributed by atoms with Gasteiger partial charge in [0.1, 0.15) is 0 Å². The molecule has 5 rings (SSSR count). The average Bonchev–Trinajstić information content (AvgIpc) is 2.99. The third kappa shape index (κ3) is 6.50. The quantitative estimate of drug-likeness (QED) is 0.397. The number of rotatable bonds is 8. The van der Waals surface area contributed by atoms with Gasteiger partial charge in [-0.15, -0.1) is 0 Å². The van der Waals surface area contributed by atoms with Crippen LogP contribution in [0.15, 0.2) is 48.7 Å². The van der Waals surface area contributed by atoms with E-state index < -0.39 is 17.6 Å². The van der Waals surface area contributed by atoms with Crippen molar-refractivity contribution in [3.05, 3.63) is 71.0 Å². The van der Waals surface area contributed by atoms with Crippen molar-refractivity contribution in [3.63, 3.8) is 0 Å². The lowest BCUT2D eigenvalue weighted by molar-refractivity contribution is -0.138. The average molecular weight is 611 g/mol. The largest absolute Gasteiger partial charge is 0.477 e. The van der Waals surface area contributed by atoms with Gasteiger partial charge in [0, 0.05) is 45.0 Å². The van der Waals surface area contributed by atoms with Crippen molar-refractivity contribution in [2.45, 2.75) is 45.5 Å². The Hall–Kier alpha value is -4.19. The first-order valence-corrected chi connectivity index (χ1v) is 14.8. The number of hydrogen-bond acceptors (Lipinski definition) is 7. The van der Waals surface area contributed by atoms with Crippen molar-refractivity contribution < 1.29 is 27.5 Å². The first-order valence-electron chi connectivity index (χ1n) is 14.8. The highest BCUT2D eigenvalue weighted by atomic mass is 19.4. The molecule has 0 unspecified atom stereocenters. The number of likely N-dealkylation sites (N-methyl/N-ethyl adjacent to an activating group) is 1. The Kier molecular flexibility index (Phi) is 9.10. The number of ether oxygens (including phenoxy) is 1. The fraction of sp³-hybridized carbons (Fsp3) is 0.438. The number of hydrogen-bond donors (Lipinski definition) is 1. The number of piperazine rings is 1. The van der Waals surface area contributed by atoms with Crippen LogP contribution in [0, 0.1) is 6.92 Å². The van der Waals surface area contributed by atoms with E-state index >= 15 is 0 Å². The molecule has 0 radical (unpaired) electrons. The number of carbonyl (C=O) groups is 2. The molecule has 1 N–H and O–H groups in total. The summed E-state index contributed by atoms with van der Waals surface area (Å²) < 4.78 is 47.2. The lowest BCUT2D eigenvalue weighted by Gasteiger charge is -2.43. The van der Waals surface area contributed by atoms with E-state index in [9.17, 15) is 22.8 Å². The van der Waals surface area contributed by atoms with Crippen LogP contribution in [0.3, 0.4) is 0 Å². The summed E-state index contributed by atoms with van der Waals surface area (Å²) in [5.74, 6) is -0.559. The lowest BCUT2D eigenvalue weighted by Crippen LogP contribution is -2.58. The number of benzene rings is 1. The number of pyridine rings is 2. The van der Waals surface area contributed by atoms with Crippen LogP contribution in [-0.2, 0) is 6.18 Å². The molecule has 4 heterocycles. The van der Waals surface area contributed by atoms with E-state index in [1.165, 1.54) is 17.0 Å². The van der Waals surface area contributed by atoms with Gasteiger partial charge in [-0.3, -0.25) is 9.59 Å². The molecule has 2 amide bonds. The van der Waals surface area contributed by atoms with E-state index in [1.807, 2.05) is 44.0 Å². The SMILES string of the molecule is CCOc1ncccc1-c1ccc(N2CCN(C(=O)c3ccc(C)cc3C(F)(F)F)C[C@H]2CC)c(C(=O)NC2CN(C)C2)n1. The molecule has 9 nitrogen and oxygen atoms in total. The molecule has 234 valence electrons. The zero-order valence-electron chi connectivity index (χ0n) is 25.3. The number of carbonyl (C=O) groups excluding carboxylic acids is 2. The van der Waals surface area contributed by atoms with Crippen LogP contribution in [0.5, 0.6) is 5.88 Å². The van der Waals surface area contributed by atoms with E-state index in [-0.39, 0.29) is 42.3 Å². The first kappa shape index (κ1) is 31.2. The lowest BCUT2D eigenvalue weighted by atomic mass is 10.0. The molecule has 2 saturated heterocycles. The molecule has 0 saturated carbocycles. The number of likely N-dealkylation sites (tertiary alicyclic amines) is 1. The van der Waals surface area contributed by atoms with Gasteiger partial charge in [-0.25, -0.2) is 9.97 Å². The van der Waals surface area contributed by atoms with Crippen LogP contribution >= 0.6 is 0 Å². The van der Waals surface area contributed by atoms with Gasteiger partial charge in [-0.2, -0.15) is 13.2 Å². The zero-order chi connectivity index (χ0) is 31.6. The topological polar surface area (TPSA) is 90.9 Å². The molecular weight excluding hydrogens is 573 g/mol. The number of anilines is 1. The predicted molar refractivity (Wildman–Crippen MR) is 161 cm³/mol. The monoisotopic (exact) mass is 610 g/mol. The third-order valence-electron chi connectivity index (χ3n) is 8.08. The van der Waals surface area contributed by atoms with Crippen molar-refractivity contribution in [1.82, 2.24) is 25.1 Å². The predicted octanol–water partition coefficient (Wildman–Crippen LogP) is 4.65. The maximum atomic E-state index is 13.8. The van der Waals surface area contributed by atoms with Gasteiger partial charge < -0.3 is 24.8 Å². The summed E-state index contributed by atoms with van der Waals surface area (Å²) in [5, 5.41) is 3.08. The second kappa shape index (κ2) is 12.8. The number of nitrogens with one attached hydrogen (secondary N) is 1. The molecule has 2 aliphatic rings. The summed E-state index contributed by atoms with van der Waals surface area (Å²) in [4.78, 5) is 41.9. The molecule has 2 aliphatic heterocycles. The molecule has 0 bridgehead atoms. The molecule has 2 aromatic heterocycles. The summed E-state index contributed by atoms with van der Waals surface area (Å²) in [6.07, 6.45) is -2.42. The molecule has 1 atom stereocenters.